The van der Waals surface area contributed by atoms with E-state index in [1.54, 1.807) is 0 Å². The Balaban J connectivity index is 0. The van der Waals surface area contributed by atoms with Crippen molar-refractivity contribution in [3.63, 3.8) is 0 Å². The zero-order valence-electron chi connectivity index (χ0n) is 0.500. The molecule has 0 bridgehead atoms. The van der Waals surface area contributed by atoms with Crippen molar-refractivity contribution in [3.8, 4) is 0 Å². The summed E-state index contributed by atoms with van der Waals surface area (Å²) in [6.45, 7) is 0. The summed E-state index contributed by atoms with van der Waals surface area (Å²) in [5.41, 5.74) is 0. The first-order valence-electron chi connectivity index (χ1n) is 0. The molecule has 0 spiro atoms. The minimum atomic E-state index is 0. The molecule has 0 heterocycles. The molecule has 0 aromatic rings. The molecular weight excluding hydrogens is 123 g/mol. The third-order valence-electron chi connectivity index (χ3n) is 0. The van der Waals surface area contributed by atoms with Gasteiger partial charge in [0.25, 0.3) is 0 Å². The van der Waals surface area contributed by atoms with Gasteiger partial charge in [-0.3, -0.25) is 0 Å². The molecule has 2 N–H and O–H groups in total. The van der Waals surface area contributed by atoms with E-state index in [1.807, 2.05) is 0 Å². The van der Waals surface area contributed by atoms with E-state index in [0.29, 0.717) is 0 Å². The molecule has 0 rings (SSSR count). The van der Waals surface area contributed by atoms with Gasteiger partial charge in [-0.25, -0.2) is 0 Å². The molecule has 4 heavy (non-hydrogen) atoms. The molecule has 0 aliphatic carbocycles. The van der Waals surface area contributed by atoms with E-state index in [0.717, 1.165) is 0 Å². The first-order valence-corrected chi connectivity index (χ1v) is 0. The van der Waals surface area contributed by atoms with Crippen LogP contribution in [0, 0.1) is 0 Å². The topological polar surface area (TPSA) is 31.5 Å². The Labute approximate surface area is 59.1 Å². The van der Waals surface area contributed by atoms with Crippen LogP contribution in [0.4, 0.5) is 0 Å². The van der Waals surface area contributed by atoms with Crippen LogP contribution in [0.2, 0.25) is 0 Å². The molecule has 0 aliphatic rings. The second-order valence-corrected chi connectivity index (χ2v) is 0. The average molecular weight is 133 g/mol. The summed E-state index contributed by atoms with van der Waals surface area (Å²) in [7, 11) is 0. The standard InChI is InChI=1S/Al.GeH4.Li.H2O.4H/h;1H4;;1H2;;;;. The van der Waals surface area contributed by atoms with Gasteiger partial charge >= 0.3 is 36.5 Å². The zero-order chi connectivity index (χ0) is 0. The summed E-state index contributed by atoms with van der Waals surface area (Å²) < 4.78 is 0. The van der Waals surface area contributed by atoms with E-state index in [4.69, 9.17) is 0 Å². The van der Waals surface area contributed by atoms with Crippen LogP contribution in [-0.4, -0.2) is 59.3 Å². The molecule has 0 radical (unpaired) electrons. The van der Waals surface area contributed by atoms with E-state index >= 15 is 0 Å². The second-order valence-electron chi connectivity index (χ2n) is 0. The van der Waals surface area contributed by atoms with Crippen LogP contribution in [-0.2, 0) is 0 Å². The zero-order valence-corrected chi connectivity index (χ0v) is 0.500. The van der Waals surface area contributed by atoms with Gasteiger partial charge in [0.1, 0.15) is 0 Å². The fourth-order valence-corrected chi connectivity index (χ4v) is 0. The van der Waals surface area contributed by atoms with Crippen molar-refractivity contribution in [2.24, 2.45) is 0 Å². The number of hydrogen-bond donors (Lipinski definition) is 0. The molecule has 0 saturated carbocycles. The van der Waals surface area contributed by atoms with Crippen LogP contribution in [0.3, 0.4) is 0 Å². The summed E-state index contributed by atoms with van der Waals surface area (Å²) in [5.74, 6) is 0. The van der Waals surface area contributed by atoms with Crippen molar-refractivity contribution in [3.05, 3.63) is 0 Å². The fourth-order valence-electron chi connectivity index (χ4n) is 0. The summed E-state index contributed by atoms with van der Waals surface area (Å²) in [5, 5.41) is 0. The number of hydrogen-bond acceptors (Lipinski definition) is 0. The van der Waals surface area contributed by atoms with Crippen molar-refractivity contribution in [2.75, 3.05) is 0 Å². The van der Waals surface area contributed by atoms with Crippen LogP contribution in [0.5, 0.6) is 0 Å². The Morgan fingerprint density at radius 3 is 1.00 bits per heavy atom. The van der Waals surface area contributed by atoms with E-state index in [1.165, 1.54) is 0 Å². The fraction of sp³-hybridized carbons (Fsp3) is 0. The quantitative estimate of drug-likeness (QED) is 0.300. The first kappa shape index (κ1) is 45.3. The SMILES string of the molecule is O.[AlH3].[GeH4].[LiH]. The molecule has 0 unspecified atom stereocenters. The monoisotopic (exact) mass is 134 g/mol. The molecule has 0 fully saturated rings. The average Bonchev–Trinajstić information content (AvgIpc) is 0. The maximum absolute atomic E-state index is 0. The molecule has 0 aliphatic heterocycles. The first-order chi connectivity index (χ1) is 0. The van der Waals surface area contributed by atoms with Crippen LogP contribution in [0.15, 0.2) is 0 Å². The third kappa shape index (κ3) is 9.45. The summed E-state index contributed by atoms with van der Waals surface area (Å²) in [4.78, 5) is 0. The van der Waals surface area contributed by atoms with Gasteiger partial charge in [-0.1, -0.05) is 0 Å². The Morgan fingerprint density at radius 1 is 1.00 bits per heavy atom. The summed E-state index contributed by atoms with van der Waals surface area (Å²) in [6.07, 6.45) is 0. The van der Waals surface area contributed by atoms with E-state index < -0.39 is 0 Å². The van der Waals surface area contributed by atoms with Gasteiger partial charge < -0.3 is 5.48 Å². The Morgan fingerprint density at radius 2 is 1.00 bits per heavy atom. The predicted octanol–water partition coefficient (Wildman–Crippen LogP) is -4.11. The summed E-state index contributed by atoms with van der Waals surface area (Å²) in [6, 6.07) is 0. The van der Waals surface area contributed by atoms with E-state index in [2.05, 4.69) is 0 Å². The van der Waals surface area contributed by atoms with E-state index in [9.17, 15) is 0 Å². The van der Waals surface area contributed by atoms with Crippen molar-refractivity contribution in [1.82, 2.24) is 0 Å². The molecule has 1 nitrogen and oxygen atoms in total. The molecule has 0 atom stereocenters. The predicted molar refractivity (Wildman–Crippen MR) is 32.0 cm³/mol. The van der Waals surface area contributed by atoms with Gasteiger partial charge in [-0.15, -0.1) is 0 Å². The van der Waals surface area contributed by atoms with Crippen LogP contribution in [0.25, 0.3) is 0 Å². The molecule has 24 valence electrons. The van der Waals surface area contributed by atoms with Crippen LogP contribution in [0.1, 0.15) is 0 Å². The van der Waals surface area contributed by atoms with Gasteiger partial charge in [0, 0.05) is 0 Å². The second kappa shape index (κ2) is 22.9. The maximum atomic E-state index is 0. The van der Waals surface area contributed by atoms with Gasteiger partial charge in [0.2, 0.25) is 0 Å². The molecule has 4 heteroatoms. The van der Waals surface area contributed by atoms with Gasteiger partial charge in [0.05, 0.1) is 0 Å². The third-order valence-corrected chi connectivity index (χ3v) is 0. The van der Waals surface area contributed by atoms with Gasteiger partial charge in [-0.2, -0.15) is 0 Å². The molecule has 0 amide bonds. The Kier molecular flexibility index (Phi) is 260. The molecule has 0 aromatic heterocycles. The molecule has 0 saturated heterocycles. The van der Waals surface area contributed by atoms with Gasteiger partial charge in [-0.05, 0) is 0 Å². The van der Waals surface area contributed by atoms with Crippen LogP contribution >= 0.6 is 0 Å². The van der Waals surface area contributed by atoms with E-state index in [-0.39, 0.29) is 59.3 Å². The molecular formula is H10AlGeLiO. The van der Waals surface area contributed by atoms with Crippen molar-refractivity contribution in [2.45, 2.75) is 0 Å². The van der Waals surface area contributed by atoms with Crippen LogP contribution < -0.4 is 0 Å². The van der Waals surface area contributed by atoms with Crippen molar-refractivity contribution >= 4 is 53.8 Å². The summed E-state index contributed by atoms with van der Waals surface area (Å²) >= 11 is 0. The van der Waals surface area contributed by atoms with Crippen molar-refractivity contribution in [1.29, 1.82) is 0 Å². The normalized spacial score (nSPS) is 0. The Bertz CT molecular complexity index is 8.00. The van der Waals surface area contributed by atoms with Gasteiger partial charge in [0.15, 0.2) is 17.4 Å². The van der Waals surface area contributed by atoms with Crippen molar-refractivity contribution < 1.29 is 5.48 Å². The molecule has 0 aromatic carbocycles. The Hall–Kier alpha value is 1.63. The minimum absolute atomic E-state index is 0. The number of rotatable bonds is 0.